The highest BCUT2D eigenvalue weighted by atomic mass is 32.2. The fourth-order valence-corrected chi connectivity index (χ4v) is 3.10. The zero-order chi connectivity index (χ0) is 19.2. The molecule has 0 atom stereocenters. The van der Waals surface area contributed by atoms with E-state index < -0.39 is 21.9 Å². The van der Waals surface area contributed by atoms with Crippen LogP contribution in [0.1, 0.15) is 16.8 Å². The predicted octanol–water partition coefficient (Wildman–Crippen LogP) is 1.53. The van der Waals surface area contributed by atoms with Gasteiger partial charge < -0.3 is 15.2 Å². The van der Waals surface area contributed by atoms with Crippen molar-refractivity contribution >= 4 is 27.6 Å². The Labute approximate surface area is 151 Å². The van der Waals surface area contributed by atoms with E-state index in [9.17, 15) is 18.0 Å². The number of primary amides is 1. The second-order valence-corrected chi connectivity index (χ2v) is 6.86. The molecule has 2 aromatic carbocycles. The van der Waals surface area contributed by atoms with Gasteiger partial charge in [-0.05, 0) is 36.4 Å². The number of amides is 1. The number of esters is 1. The van der Waals surface area contributed by atoms with E-state index in [0.29, 0.717) is 0 Å². The monoisotopic (exact) mass is 378 g/mol. The lowest BCUT2D eigenvalue weighted by Gasteiger charge is -2.13. The summed E-state index contributed by atoms with van der Waals surface area (Å²) in [5.74, 6) is -0.813. The molecule has 3 N–H and O–H groups in total. The van der Waals surface area contributed by atoms with E-state index in [4.69, 9.17) is 10.5 Å². The Morgan fingerprint density at radius 3 is 2.35 bits per heavy atom. The van der Waals surface area contributed by atoms with Gasteiger partial charge in [0.1, 0.15) is 5.75 Å². The molecule has 0 saturated heterocycles. The second kappa shape index (κ2) is 8.34. The number of carbonyl (C=O) groups is 2. The molecule has 26 heavy (non-hydrogen) atoms. The van der Waals surface area contributed by atoms with Gasteiger partial charge in [-0.2, -0.15) is 0 Å². The van der Waals surface area contributed by atoms with Gasteiger partial charge in [0.2, 0.25) is 5.91 Å². The van der Waals surface area contributed by atoms with Crippen molar-refractivity contribution in [2.45, 2.75) is 11.3 Å². The Kier molecular flexibility index (Phi) is 6.18. The number of hydrogen-bond donors (Lipinski definition) is 2. The Hall–Kier alpha value is -3.07. The highest BCUT2D eigenvalue weighted by molar-refractivity contribution is 7.92. The van der Waals surface area contributed by atoms with Gasteiger partial charge in [-0.25, -0.2) is 13.2 Å². The van der Waals surface area contributed by atoms with Crippen LogP contribution in [0.3, 0.4) is 0 Å². The standard InChI is InChI=1S/C17H18N2O6S/c1-24-17(21)12-6-8-13(9-7-12)26(22,23)19-14-4-2-3-5-15(14)25-11-10-16(18)20/h2-9,19H,10-11H2,1H3,(H2,18,20). The quantitative estimate of drug-likeness (QED) is 0.671. The number of methoxy groups -OCH3 is 1. The third kappa shape index (κ3) is 4.96. The van der Waals surface area contributed by atoms with E-state index in [1.165, 1.54) is 37.4 Å². The topological polar surface area (TPSA) is 125 Å². The van der Waals surface area contributed by atoms with Crippen LogP contribution in [0.4, 0.5) is 5.69 Å². The molecule has 9 heteroatoms. The average Bonchev–Trinajstić information content (AvgIpc) is 2.62. The Morgan fingerprint density at radius 2 is 1.73 bits per heavy atom. The molecule has 0 aliphatic rings. The molecule has 0 bridgehead atoms. The molecule has 138 valence electrons. The maximum Gasteiger partial charge on any atom is 0.337 e. The van der Waals surface area contributed by atoms with Gasteiger partial charge in [-0.15, -0.1) is 0 Å². The van der Waals surface area contributed by atoms with E-state index in [1.54, 1.807) is 18.2 Å². The lowest BCUT2D eigenvalue weighted by Crippen LogP contribution is -2.16. The van der Waals surface area contributed by atoms with Crippen LogP contribution in [0.2, 0.25) is 0 Å². The summed E-state index contributed by atoms with van der Waals surface area (Å²) in [5.41, 5.74) is 5.51. The van der Waals surface area contributed by atoms with Crippen molar-refractivity contribution in [3.8, 4) is 5.75 Å². The summed E-state index contributed by atoms with van der Waals surface area (Å²) in [5, 5.41) is 0. The summed E-state index contributed by atoms with van der Waals surface area (Å²) >= 11 is 0. The predicted molar refractivity (Wildman–Crippen MR) is 94.3 cm³/mol. The van der Waals surface area contributed by atoms with E-state index in [2.05, 4.69) is 9.46 Å². The van der Waals surface area contributed by atoms with E-state index >= 15 is 0 Å². The molecule has 0 aliphatic carbocycles. The normalized spacial score (nSPS) is 10.8. The van der Waals surface area contributed by atoms with Crippen molar-refractivity contribution < 1.29 is 27.5 Å². The lowest BCUT2D eigenvalue weighted by atomic mass is 10.2. The molecule has 0 fully saturated rings. The highest BCUT2D eigenvalue weighted by Crippen LogP contribution is 2.26. The lowest BCUT2D eigenvalue weighted by molar-refractivity contribution is -0.118. The Bertz CT molecular complexity index is 894. The van der Waals surface area contributed by atoms with Crippen molar-refractivity contribution in [2.75, 3.05) is 18.4 Å². The third-order valence-corrected chi connectivity index (χ3v) is 4.70. The maximum absolute atomic E-state index is 12.5. The molecule has 8 nitrogen and oxygen atoms in total. The van der Waals surface area contributed by atoms with Gasteiger partial charge in [0.15, 0.2) is 0 Å². The number of rotatable bonds is 8. The van der Waals surface area contributed by atoms with Crippen LogP contribution in [-0.4, -0.2) is 34.0 Å². The maximum atomic E-state index is 12.5. The Balaban J connectivity index is 2.19. The minimum absolute atomic E-state index is 0.00999. The Morgan fingerprint density at radius 1 is 1.08 bits per heavy atom. The van der Waals surface area contributed by atoms with Crippen molar-refractivity contribution in [2.24, 2.45) is 5.73 Å². The number of benzene rings is 2. The first-order valence-electron chi connectivity index (χ1n) is 7.55. The van der Waals surface area contributed by atoms with Crippen LogP contribution < -0.4 is 15.2 Å². The largest absolute Gasteiger partial charge is 0.491 e. The van der Waals surface area contributed by atoms with E-state index in [1.807, 2.05) is 0 Å². The van der Waals surface area contributed by atoms with Crippen LogP contribution in [0.25, 0.3) is 0 Å². The second-order valence-electron chi connectivity index (χ2n) is 5.18. The average molecular weight is 378 g/mol. The third-order valence-electron chi connectivity index (χ3n) is 3.32. The summed E-state index contributed by atoms with van der Waals surface area (Å²) in [4.78, 5) is 22.2. The van der Waals surface area contributed by atoms with Crippen LogP contribution in [-0.2, 0) is 19.6 Å². The van der Waals surface area contributed by atoms with Crippen LogP contribution in [0, 0.1) is 0 Å². The van der Waals surface area contributed by atoms with E-state index in [0.717, 1.165) is 0 Å². The number of hydrogen-bond acceptors (Lipinski definition) is 6. The number of anilines is 1. The summed E-state index contributed by atoms with van der Waals surface area (Å²) in [6.45, 7) is 0.0297. The smallest absolute Gasteiger partial charge is 0.337 e. The SMILES string of the molecule is COC(=O)c1ccc(S(=O)(=O)Nc2ccccc2OCCC(N)=O)cc1. The number of carbonyl (C=O) groups excluding carboxylic acids is 2. The molecule has 0 heterocycles. The van der Waals surface area contributed by atoms with Gasteiger partial charge >= 0.3 is 5.97 Å². The molecule has 0 aromatic heterocycles. The van der Waals surface area contributed by atoms with E-state index in [-0.39, 0.29) is 34.9 Å². The first-order valence-corrected chi connectivity index (χ1v) is 9.03. The first kappa shape index (κ1) is 19.3. The van der Waals surface area contributed by atoms with Gasteiger partial charge in [0.25, 0.3) is 10.0 Å². The number of nitrogens with two attached hydrogens (primary N) is 1. The molecule has 0 saturated carbocycles. The van der Waals surface area contributed by atoms with Gasteiger partial charge in [-0.3, -0.25) is 9.52 Å². The summed E-state index contributed by atoms with van der Waals surface area (Å²) in [6, 6.07) is 11.7. The number of sulfonamides is 1. The summed E-state index contributed by atoms with van der Waals surface area (Å²) in [7, 11) is -2.66. The fourth-order valence-electron chi connectivity index (χ4n) is 2.03. The fraction of sp³-hybridized carbons (Fsp3) is 0.176. The summed E-state index contributed by atoms with van der Waals surface area (Å²) in [6.07, 6.45) is 0.00999. The molecular formula is C17H18N2O6S. The zero-order valence-electron chi connectivity index (χ0n) is 14.0. The molecule has 2 aromatic rings. The minimum atomic E-state index is -3.90. The van der Waals surface area contributed by atoms with Crippen molar-refractivity contribution in [3.05, 3.63) is 54.1 Å². The van der Waals surface area contributed by atoms with Gasteiger partial charge in [-0.1, -0.05) is 12.1 Å². The first-order chi connectivity index (χ1) is 12.3. The van der Waals surface area contributed by atoms with Crippen LogP contribution in [0.15, 0.2) is 53.4 Å². The van der Waals surface area contributed by atoms with Gasteiger partial charge in [0.05, 0.1) is 36.3 Å². The summed E-state index contributed by atoms with van der Waals surface area (Å²) < 4.78 is 37.5. The van der Waals surface area contributed by atoms with Crippen LogP contribution in [0.5, 0.6) is 5.75 Å². The van der Waals surface area contributed by atoms with Crippen LogP contribution >= 0.6 is 0 Å². The number of para-hydroxylation sites is 2. The number of ether oxygens (including phenoxy) is 2. The molecule has 1 amide bonds. The molecule has 0 radical (unpaired) electrons. The molecule has 2 rings (SSSR count). The van der Waals surface area contributed by atoms with Crippen molar-refractivity contribution in [1.82, 2.24) is 0 Å². The minimum Gasteiger partial charge on any atom is -0.491 e. The highest BCUT2D eigenvalue weighted by Gasteiger charge is 2.17. The molecule has 0 unspecified atom stereocenters. The van der Waals surface area contributed by atoms with Crippen molar-refractivity contribution in [3.63, 3.8) is 0 Å². The molecule has 0 spiro atoms. The van der Waals surface area contributed by atoms with Gasteiger partial charge in [0, 0.05) is 0 Å². The molecular weight excluding hydrogens is 360 g/mol. The van der Waals surface area contributed by atoms with Crippen molar-refractivity contribution in [1.29, 1.82) is 0 Å². The zero-order valence-corrected chi connectivity index (χ0v) is 14.8. The number of nitrogens with one attached hydrogen (secondary N) is 1. The molecule has 0 aliphatic heterocycles.